The van der Waals surface area contributed by atoms with Crippen LogP contribution in [0.4, 0.5) is 5.69 Å². The molecule has 0 spiro atoms. The molecule has 0 aliphatic rings. The molecule has 1 aromatic carbocycles. The zero-order valence-electron chi connectivity index (χ0n) is 10.4. The van der Waals surface area contributed by atoms with E-state index in [1.54, 1.807) is 11.3 Å². The molecule has 2 rings (SSSR count). The van der Waals surface area contributed by atoms with E-state index in [9.17, 15) is 0 Å². The summed E-state index contributed by atoms with van der Waals surface area (Å²) in [5.41, 5.74) is 9.81. The Morgan fingerprint density at radius 2 is 2.22 bits per heavy atom. The molecule has 3 nitrogen and oxygen atoms in total. The number of hydrogen-bond donors (Lipinski definition) is 2. The van der Waals surface area contributed by atoms with Crippen LogP contribution >= 0.6 is 23.6 Å². The summed E-state index contributed by atoms with van der Waals surface area (Å²) in [5.74, 6) is 0. The number of thiocarbonyl (C=S) groups is 1. The number of aryl methyl sites for hydroxylation is 2. The van der Waals surface area contributed by atoms with E-state index in [1.165, 1.54) is 0 Å². The molecule has 94 valence electrons. The van der Waals surface area contributed by atoms with E-state index in [0.29, 0.717) is 11.5 Å². The molecule has 0 aliphatic carbocycles. The molecule has 18 heavy (non-hydrogen) atoms. The first kappa shape index (κ1) is 13.0. The molecular formula is C13H15N3S2. The van der Waals surface area contributed by atoms with Gasteiger partial charge in [0.1, 0.15) is 10.00 Å². The molecular weight excluding hydrogens is 262 g/mol. The van der Waals surface area contributed by atoms with Crippen molar-refractivity contribution < 1.29 is 0 Å². The van der Waals surface area contributed by atoms with Crippen LogP contribution in [0.5, 0.6) is 0 Å². The highest BCUT2D eigenvalue weighted by molar-refractivity contribution is 7.80. The van der Waals surface area contributed by atoms with Gasteiger partial charge in [-0.3, -0.25) is 0 Å². The topological polar surface area (TPSA) is 50.9 Å². The third kappa shape index (κ3) is 2.86. The van der Waals surface area contributed by atoms with Crippen molar-refractivity contribution in [3.63, 3.8) is 0 Å². The van der Waals surface area contributed by atoms with E-state index < -0.39 is 0 Å². The number of benzene rings is 1. The molecule has 2 aromatic rings. The maximum atomic E-state index is 5.73. The minimum Gasteiger partial charge on any atom is -0.389 e. The number of nitrogens with zero attached hydrogens (tertiary/aromatic N) is 1. The second-order valence-corrected chi connectivity index (χ2v) is 5.48. The van der Waals surface area contributed by atoms with E-state index >= 15 is 0 Å². The molecule has 3 N–H and O–H groups in total. The molecule has 0 unspecified atom stereocenters. The van der Waals surface area contributed by atoms with Crippen molar-refractivity contribution in [1.82, 2.24) is 4.98 Å². The lowest BCUT2D eigenvalue weighted by molar-refractivity contribution is 1.07. The average molecular weight is 277 g/mol. The molecule has 0 saturated heterocycles. The molecule has 1 aromatic heterocycles. The van der Waals surface area contributed by atoms with Crippen LogP contribution in [0.25, 0.3) is 0 Å². The van der Waals surface area contributed by atoms with Gasteiger partial charge < -0.3 is 11.1 Å². The third-order valence-corrected chi connectivity index (χ3v) is 3.81. The average Bonchev–Trinajstić information content (AvgIpc) is 2.73. The maximum Gasteiger partial charge on any atom is 0.112 e. The first-order chi connectivity index (χ1) is 8.58. The van der Waals surface area contributed by atoms with Crippen LogP contribution in [-0.4, -0.2) is 9.97 Å². The number of nitrogens with one attached hydrogen (secondary N) is 1. The van der Waals surface area contributed by atoms with E-state index in [0.717, 1.165) is 27.5 Å². The van der Waals surface area contributed by atoms with E-state index in [4.69, 9.17) is 18.0 Å². The highest BCUT2D eigenvalue weighted by Gasteiger charge is 2.08. The van der Waals surface area contributed by atoms with Crippen molar-refractivity contribution in [2.24, 2.45) is 5.73 Å². The van der Waals surface area contributed by atoms with Crippen molar-refractivity contribution in [1.29, 1.82) is 0 Å². The van der Waals surface area contributed by atoms with Gasteiger partial charge in [-0.05, 0) is 25.5 Å². The first-order valence-electron chi connectivity index (χ1n) is 5.62. The lowest BCUT2D eigenvalue weighted by Gasteiger charge is -2.13. The summed E-state index contributed by atoms with van der Waals surface area (Å²) in [6, 6.07) is 5.94. The minimum atomic E-state index is 0.413. The maximum absolute atomic E-state index is 5.73. The van der Waals surface area contributed by atoms with E-state index in [1.807, 2.05) is 37.4 Å². The largest absolute Gasteiger partial charge is 0.389 e. The van der Waals surface area contributed by atoms with Gasteiger partial charge in [0.05, 0.1) is 6.54 Å². The van der Waals surface area contributed by atoms with Gasteiger partial charge in [0.15, 0.2) is 0 Å². The van der Waals surface area contributed by atoms with Crippen LogP contribution in [0.1, 0.15) is 21.8 Å². The zero-order valence-corrected chi connectivity index (χ0v) is 12.0. The predicted molar refractivity (Wildman–Crippen MR) is 81.2 cm³/mol. The fourth-order valence-corrected chi connectivity index (χ4v) is 2.64. The quantitative estimate of drug-likeness (QED) is 0.844. The van der Waals surface area contributed by atoms with Crippen LogP contribution in [-0.2, 0) is 6.54 Å². The molecule has 0 aliphatic heterocycles. The SMILES string of the molecule is Cc1csc(CNc2c(C)cccc2C(N)=S)n1. The number of thiazole rings is 1. The highest BCUT2D eigenvalue weighted by atomic mass is 32.1. The van der Waals surface area contributed by atoms with Gasteiger partial charge in [-0.1, -0.05) is 24.4 Å². The molecule has 0 amide bonds. The Morgan fingerprint density at radius 1 is 1.44 bits per heavy atom. The lowest BCUT2D eigenvalue weighted by Crippen LogP contribution is -2.14. The van der Waals surface area contributed by atoms with E-state index in [-0.39, 0.29) is 0 Å². The van der Waals surface area contributed by atoms with Gasteiger partial charge in [-0.2, -0.15) is 0 Å². The van der Waals surface area contributed by atoms with Crippen LogP contribution in [0.15, 0.2) is 23.6 Å². The van der Waals surface area contributed by atoms with Gasteiger partial charge in [-0.15, -0.1) is 11.3 Å². The summed E-state index contributed by atoms with van der Waals surface area (Å²) >= 11 is 6.72. The van der Waals surface area contributed by atoms with Crippen molar-refractivity contribution in [3.05, 3.63) is 45.4 Å². The van der Waals surface area contributed by atoms with Gasteiger partial charge >= 0.3 is 0 Å². The Balaban J connectivity index is 2.20. The second kappa shape index (κ2) is 5.46. The Kier molecular flexibility index (Phi) is 3.93. The lowest BCUT2D eigenvalue weighted by atomic mass is 10.1. The van der Waals surface area contributed by atoms with Crippen molar-refractivity contribution in [3.8, 4) is 0 Å². The Hall–Kier alpha value is -1.46. The van der Waals surface area contributed by atoms with Crippen LogP contribution < -0.4 is 11.1 Å². The number of rotatable bonds is 4. The predicted octanol–water partition coefficient (Wildman–Crippen LogP) is 3.01. The number of para-hydroxylation sites is 1. The number of aromatic nitrogens is 1. The fraction of sp³-hybridized carbons (Fsp3) is 0.231. The van der Waals surface area contributed by atoms with Crippen molar-refractivity contribution in [2.45, 2.75) is 20.4 Å². The highest BCUT2D eigenvalue weighted by Crippen LogP contribution is 2.22. The summed E-state index contributed by atoms with van der Waals surface area (Å²) in [5, 5.41) is 6.48. The normalized spacial score (nSPS) is 10.3. The molecule has 1 heterocycles. The minimum absolute atomic E-state index is 0.413. The standard InChI is InChI=1S/C13H15N3S2/c1-8-4-3-5-10(13(14)17)12(8)15-6-11-16-9(2)7-18-11/h3-5,7,15H,6H2,1-2H3,(H2,14,17). The third-order valence-electron chi connectivity index (χ3n) is 2.62. The number of nitrogens with two attached hydrogens (primary N) is 1. The zero-order chi connectivity index (χ0) is 13.1. The molecule has 0 saturated carbocycles. The summed E-state index contributed by atoms with van der Waals surface area (Å²) < 4.78 is 0. The molecule has 0 fully saturated rings. The fourth-order valence-electron chi connectivity index (χ4n) is 1.76. The molecule has 0 atom stereocenters. The van der Waals surface area contributed by atoms with Crippen LogP contribution in [0.2, 0.25) is 0 Å². The van der Waals surface area contributed by atoms with E-state index in [2.05, 4.69) is 10.3 Å². The number of anilines is 1. The van der Waals surface area contributed by atoms with Gasteiger partial charge in [0.25, 0.3) is 0 Å². The van der Waals surface area contributed by atoms with Gasteiger partial charge in [-0.25, -0.2) is 4.98 Å². The first-order valence-corrected chi connectivity index (χ1v) is 6.91. The monoisotopic (exact) mass is 277 g/mol. The van der Waals surface area contributed by atoms with Gasteiger partial charge in [0, 0.05) is 22.3 Å². The van der Waals surface area contributed by atoms with Crippen molar-refractivity contribution >= 4 is 34.2 Å². The Labute approximate surface area is 116 Å². The summed E-state index contributed by atoms with van der Waals surface area (Å²) in [7, 11) is 0. The molecule has 5 heteroatoms. The van der Waals surface area contributed by atoms with Crippen LogP contribution in [0.3, 0.4) is 0 Å². The van der Waals surface area contributed by atoms with Crippen LogP contribution in [0, 0.1) is 13.8 Å². The number of hydrogen-bond acceptors (Lipinski definition) is 4. The van der Waals surface area contributed by atoms with Gasteiger partial charge in [0.2, 0.25) is 0 Å². The summed E-state index contributed by atoms with van der Waals surface area (Å²) in [6.45, 7) is 4.73. The smallest absolute Gasteiger partial charge is 0.112 e. The molecule has 0 bridgehead atoms. The van der Waals surface area contributed by atoms with Crippen molar-refractivity contribution in [2.75, 3.05) is 5.32 Å². The summed E-state index contributed by atoms with van der Waals surface area (Å²) in [4.78, 5) is 4.84. The second-order valence-electron chi connectivity index (χ2n) is 4.10. The Bertz CT molecular complexity index is 575. The summed E-state index contributed by atoms with van der Waals surface area (Å²) in [6.07, 6.45) is 0. The Morgan fingerprint density at radius 3 is 2.83 bits per heavy atom. The molecule has 0 radical (unpaired) electrons.